The van der Waals surface area contributed by atoms with Crippen molar-refractivity contribution in [1.29, 1.82) is 0 Å². The molecule has 3 nitrogen and oxygen atoms in total. The lowest BCUT2D eigenvalue weighted by atomic mass is 9.91. The number of nitrogens with one attached hydrogen (secondary N) is 2. The predicted molar refractivity (Wildman–Crippen MR) is 82.8 cm³/mol. The van der Waals surface area contributed by atoms with Gasteiger partial charge < -0.3 is 10.3 Å². The highest BCUT2D eigenvalue weighted by atomic mass is 35.5. The van der Waals surface area contributed by atoms with Gasteiger partial charge in [0, 0.05) is 17.4 Å². The number of pyridine rings is 1. The number of rotatable bonds is 2. The Morgan fingerprint density at radius 1 is 1.15 bits per heavy atom. The van der Waals surface area contributed by atoms with Gasteiger partial charge in [-0.2, -0.15) is 0 Å². The lowest BCUT2D eigenvalue weighted by Gasteiger charge is -2.26. The van der Waals surface area contributed by atoms with Gasteiger partial charge in [0.1, 0.15) is 0 Å². The van der Waals surface area contributed by atoms with Crippen molar-refractivity contribution in [3.05, 3.63) is 62.0 Å². The molecule has 0 radical (unpaired) electrons. The second kappa shape index (κ2) is 5.51. The van der Waals surface area contributed by atoms with Crippen molar-refractivity contribution in [3.8, 4) is 0 Å². The first-order chi connectivity index (χ1) is 9.63. The van der Waals surface area contributed by atoms with Crippen LogP contribution in [0.3, 0.4) is 0 Å². The normalized spacial score (nSPS) is 17.6. The van der Waals surface area contributed by atoms with Crippen LogP contribution in [-0.2, 0) is 6.42 Å². The topological polar surface area (TPSA) is 44.9 Å². The van der Waals surface area contributed by atoms with E-state index in [1.54, 1.807) is 12.1 Å². The van der Waals surface area contributed by atoms with Crippen LogP contribution in [0.25, 0.3) is 0 Å². The average molecular weight is 309 g/mol. The monoisotopic (exact) mass is 308 g/mol. The van der Waals surface area contributed by atoms with Crippen molar-refractivity contribution in [2.24, 2.45) is 0 Å². The van der Waals surface area contributed by atoms with E-state index < -0.39 is 0 Å². The third-order valence-corrected chi connectivity index (χ3v) is 4.33. The molecular weight excluding hydrogens is 295 g/mol. The van der Waals surface area contributed by atoms with Crippen LogP contribution in [0.4, 0.5) is 5.69 Å². The molecule has 104 valence electrons. The lowest BCUT2D eigenvalue weighted by molar-refractivity contribution is 0.587. The van der Waals surface area contributed by atoms with Gasteiger partial charge in [-0.3, -0.25) is 4.79 Å². The van der Waals surface area contributed by atoms with Crippen molar-refractivity contribution in [3.63, 3.8) is 0 Å². The highest BCUT2D eigenvalue weighted by Crippen LogP contribution is 2.32. The lowest BCUT2D eigenvalue weighted by Crippen LogP contribution is -2.21. The van der Waals surface area contributed by atoms with Crippen molar-refractivity contribution in [2.45, 2.75) is 25.3 Å². The molecule has 0 saturated carbocycles. The number of aromatic nitrogens is 1. The zero-order valence-electron chi connectivity index (χ0n) is 10.7. The molecule has 1 aliphatic rings. The van der Waals surface area contributed by atoms with E-state index in [1.807, 2.05) is 18.2 Å². The van der Waals surface area contributed by atoms with E-state index in [0.717, 1.165) is 36.2 Å². The van der Waals surface area contributed by atoms with Crippen LogP contribution < -0.4 is 10.9 Å². The maximum atomic E-state index is 11.4. The summed E-state index contributed by atoms with van der Waals surface area (Å²) in [5.74, 6) is 0. The van der Waals surface area contributed by atoms with E-state index in [-0.39, 0.29) is 11.6 Å². The molecule has 5 heteroatoms. The minimum Gasteiger partial charge on any atom is -0.378 e. The van der Waals surface area contributed by atoms with Gasteiger partial charge in [0.2, 0.25) is 5.56 Å². The highest BCUT2D eigenvalue weighted by Gasteiger charge is 2.20. The number of hydrogen-bond acceptors (Lipinski definition) is 2. The Hall–Kier alpha value is -1.45. The van der Waals surface area contributed by atoms with Gasteiger partial charge in [-0.1, -0.05) is 23.2 Å². The van der Waals surface area contributed by atoms with E-state index in [9.17, 15) is 4.79 Å². The molecule has 1 aromatic heterocycles. The van der Waals surface area contributed by atoms with E-state index in [4.69, 9.17) is 23.2 Å². The standard InChI is InChI=1S/C15H14Cl2N2O/c16-11-6-4-9(8-12(11)17)18-13-2-1-3-14-10(13)5-7-15(20)19-14/h4-8,13,18H,1-3H2,(H,19,20). The molecule has 3 rings (SSSR count). The van der Waals surface area contributed by atoms with Crippen molar-refractivity contribution in [1.82, 2.24) is 4.98 Å². The Kier molecular flexibility index (Phi) is 3.72. The highest BCUT2D eigenvalue weighted by molar-refractivity contribution is 6.42. The first-order valence-electron chi connectivity index (χ1n) is 6.57. The molecule has 0 aliphatic heterocycles. The summed E-state index contributed by atoms with van der Waals surface area (Å²) in [7, 11) is 0. The fourth-order valence-electron chi connectivity index (χ4n) is 2.64. The maximum Gasteiger partial charge on any atom is 0.248 e. The summed E-state index contributed by atoms with van der Waals surface area (Å²) in [4.78, 5) is 14.3. The van der Waals surface area contributed by atoms with Gasteiger partial charge >= 0.3 is 0 Å². The van der Waals surface area contributed by atoms with Gasteiger partial charge in [-0.15, -0.1) is 0 Å². The molecule has 2 N–H and O–H groups in total. The third-order valence-electron chi connectivity index (χ3n) is 3.59. The average Bonchev–Trinajstić information content (AvgIpc) is 2.43. The second-order valence-electron chi connectivity index (χ2n) is 4.97. The molecule has 0 fully saturated rings. The number of anilines is 1. The van der Waals surface area contributed by atoms with Crippen molar-refractivity contribution in [2.75, 3.05) is 5.32 Å². The molecule has 1 aromatic carbocycles. The van der Waals surface area contributed by atoms with E-state index in [0.29, 0.717) is 10.0 Å². The molecule has 0 saturated heterocycles. The van der Waals surface area contributed by atoms with Crippen LogP contribution in [0.15, 0.2) is 35.1 Å². The van der Waals surface area contributed by atoms with Crippen LogP contribution in [0.2, 0.25) is 10.0 Å². The summed E-state index contributed by atoms with van der Waals surface area (Å²) >= 11 is 12.0. The molecule has 0 spiro atoms. The molecule has 0 amide bonds. The number of hydrogen-bond donors (Lipinski definition) is 2. The van der Waals surface area contributed by atoms with Crippen LogP contribution >= 0.6 is 23.2 Å². The van der Waals surface area contributed by atoms with Gasteiger partial charge in [0.15, 0.2) is 0 Å². The Morgan fingerprint density at radius 3 is 2.80 bits per heavy atom. The molecule has 2 aromatic rings. The summed E-state index contributed by atoms with van der Waals surface area (Å²) in [5, 5.41) is 4.54. The summed E-state index contributed by atoms with van der Waals surface area (Å²) in [6.45, 7) is 0. The number of H-pyrrole nitrogens is 1. The minimum atomic E-state index is -0.0427. The molecule has 0 bridgehead atoms. The molecule has 1 aliphatic carbocycles. The van der Waals surface area contributed by atoms with Crippen molar-refractivity contribution < 1.29 is 0 Å². The Morgan fingerprint density at radius 2 is 2.00 bits per heavy atom. The Balaban J connectivity index is 1.89. The maximum absolute atomic E-state index is 11.4. The smallest absolute Gasteiger partial charge is 0.248 e. The van der Waals surface area contributed by atoms with E-state index in [2.05, 4.69) is 10.3 Å². The first kappa shape index (κ1) is 13.5. The zero-order chi connectivity index (χ0) is 14.1. The largest absolute Gasteiger partial charge is 0.378 e. The summed E-state index contributed by atoms with van der Waals surface area (Å²) in [6, 6.07) is 9.18. The fraction of sp³-hybridized carbons (Fsp3) is 0.267. The molecule has 1 atom stereocenters. The summed E-state index contributed by atoms with van der Waals surface area (Å²) in [5.41, 5.74) is 3.07. The van der Waals surface area contributed by atoms with Crippen LogP contribution in [0, 0.1) is 0 Å². The number of benzene rings is 1. The first-order valence-corrected chi connectivity index (χ1v) is 7.33. The molecular formula is C15H14Cl2N2O. The van der Waals surface area contributed by atoms with E-state index >= 15 is 0 Å². The zero-order valence-corrected chi connectivity index (χ0v) is 12.3. The minimum absolute atomic E-state index is 0.0427. The predicted octanol–water partition coefficient (Wildman–Crippen LogP) is 4.17. The van der Waals surface area contributed by atoms with E-state index in [1.165, 1.54) is 0 Å². The van der Waals surface area contributed by atoms with Crippen LogP contribution in [0.5, 0.6) is 0 Å². The molecule has 1 unspecified atom stereocenters. The second-order valence-corrected chi connectivity index (χ2v) is 5.79. The van der Waals surface area contributed by atoms with Crippen LogP contribution in [0.1, 0.15) is 30.1 Å². The summed E-state index contributed by atoms with van der Waals surface area (Å²) < 4.78 is 0. The van der Waals surface area contributed by atoms with Crippen molar-refractivity contribution >= 4 is 28.9 Å². The molecule has 1 heterocycles. The fourth-order valence-corrected chi connectivity index (χ4v) is 2.94. The van der Waals surface area contributed by atoms with Gasteiger partial charge in [-0.25, -0.2) is 0 Å². The number of halogens is 2. The Bertz CT molecular complexity index is 697. The third kappa shape index (κ3) is 2.69. The van der Waals surface area contributed by atoms with Gasteiger partial charge in [0.05, 0.1) is 16.1 Å². The SMILES string of the molecule is O=c1ccc2c([nH]1)CCCC2Nc1ccc(Cl)c(Cl)c1. The summed E-state index contributed by atoms with van der Waals surface area (Å²) in [6.07, 6.45) is 3.00. The van der Waals surface area contributed by atoms with Gasteiger partial charge in [0.25, 0.3) is 0 Å². The molecule has 20 heavy (non-hydrogen) atoms. The number of fused-ring (bicyclic) bond motifs is 1. The number of aromatic amines is 1. The van der Waals surface area contributed by atoms with Crippen LogP contribution in [-0.4, -0.2) is 4.98 Å². The Labute approximate surface area is 126 Å². The number of aryl methyl sites for hydroxylation is 1. The van der Waals surface area contributed by atoms with Gasteiger partial charge in [-0.05, 0) is 49.1 Å². The quantitative estimate of drug-likeness (QED) is 0.874.